The number of ether oxygens (including phenoxy) is 2. The number of nitrogens with zero attached hydrogens (tertiary/aromatic N) is 3. The molecule has 0 fully saturated rings. The van der Waals surface area contributed by atoms with E-state index < -0.39 is 5.54 Å². The molecule has 156 valence electrons. The number of benzene rings is 2. The second-order valence-electron chi connectivity index (χ2n) is 8.99. The van der Waals surface area contributed by atoms with Gasteiger partial charge < -0.3 is 15.2 Å². The van der Waals surface area contributed by atoms with Crippen LogP contribution in [0.5, 0.6) is 11.5 Å². The summed E-state index contributed by atoms with van der Waals surface area (Å²) in [4.78, 5) is 13.1. The number of nitrogens with two attached hydrogens (primary N) is 1. The highest BCUT2D eigenvalue weighted by Crippen LogP contribution is 2.51. The predicted octanol–water partition coefficient (Wildman–Crippen LogP) is 4.90. The van der Waals surface area contributed by atoms with E-state index in [-0.39, 0.29) is 11.4 Å². The highest BCUT2D eigenvalue weighted by Gasteiger charge is 2.47. The minimum atomic E-state index is -0.760. The van der Waals surface area contributed by atoms with Crippen LogP contribution in [0, 0.1) is 5.41 Å². The highest BCUT2D eigenvalue weighted by molar-refractivity contribution is 5.78. The van der Waals surface area contributed by atoms with Gasteiger partial charge in [0.1, 0.15) is 24.4 Å². The van der Waals surface area contributed by atoms with E-state index in [1.807, 2.05) is 18.2 Å². The van der Waals surface area contributed by atoms with Crippen LogP contribution in [0.3, 0.4) is 0 Å². The molecule has 5 rings (SSSR count). The van der Waals surface area contributed by atoms with Gasteiger partial charge in [0.25, 0.3) is 6.02 Å². The average molecular weight is 412 g/mol. The van der Waals surface area contributed by atoms with E-state index in [2.05, 4.69) is 61.1 Å². The number of rotatable bonds is 2. The van der Waals surface area contributed by atoms with E-state index in [4.69, 9.17) is 20.2 Å². The van der Waals surface area contributed by atoms with E-state index in [1.54, 1.807) is 12.4 Å². The van der Waals surface area contributed by atoms with Gasteiger partial charge in [-0.05, 0) is 40.8 Å². The molecule has 3 heterocycles. The molecular weight excluding hydrogens is 388 g/mol. The van der Waals surface area contributed by atoms with E-state index in [0.717, 1.165) is 39.3 Å². The third-order valence-electron chi connectivity index (χ3n) is 5.49. The molecule has 6 nitrogen and oxygen atoms in total. The summed E-state index contributed by atoms with van der Waals surface area (Å²) in [6, 6.07) is 12.4. The van der Waals surface area contributed by atoms with Gasteiger partial charge >= 0.3 is 0 Å². The van der Waals surface area contributed by atoms with Gasteiger partial charge in [0.2, 0.25) is 0 Å². The van der Waals surface area contributed by atoms with Gasteiger partial charge in [0, 0.05) is 29.1 Å². The largest absolute Gasteiger partial charge is 0.462 e. The van der Waals surface area contributed by atoms with Crippen LogP contribution in [0.2, 0.25) is 0 Å². The summed E-state index contributed by atoms with van der Waals surface area (Å²) < 4.78 is 12.0. The van der Waals surface area contributed by atoms with Crippen LogP contribution in [-0.4, -0.2) is 22.6 Å². The first-order valence-electron chi connectivity index (χ1n) is 10.2. The minimum absolute atomic E-state index is 0.0857. The number of hydrogen-bond donors (Lipinski definition) is 1. The summed E-state index contributed by atoms with van der Waals surface area (Å²) >= 11 is 0. The smallest absolute Gasteiger partial charge is 0.283 e. The van der Waals surface area contributed by atoms with Crippen LogP contribution in [0.15, 0.2) is 66.2 Å². The van der Waals surface area contributed by atoms with Gasteiger partial charge in [-0.15, -0.1) is 0 Å². The fourth-order valence-electron chi connectivity index (χ4n) is 3.95. The lowest BCUT2D eigenvalue weighted by Gasteiger charge is -2.34. The third kappa shape index (κ3) is 3.44. The maximum atomic E-state index is 6.27. The molecule has 3 aromatic rings. The van der Waals surface area contributed by atoms with E-state index in [0.29, 0.717) is 6.61 Å². The monoisotopic (exact) mass is 412 g/mol. The summed E-state index contributed by atoms with van der Waals surface area (Å²) in [6.07, 6.45) is 9.42. The van der Waals surface area contributed by atoms with Gasteiger partial charge in [0.05, 0.1) is 0 Å². The average Bonchev–Trinajstić information content (AvgIpc) is 3.15. The SMILES string of the molecule is CC(C)(C)C=Cc1ccc2c(c1)[C@]1(COC(N)=N1)c1cc(-c3cncnc3)ccc1O2. The maximum absolute atomic E-state index is 6.27. The van der Waals surface area contributed by atoms with Crippen molar-refractivity contribution in [2.24, 2.45) is 16.1 Å². The Morgan fingerprint density at radius 1 is 0.968 bits per heavy atom. The van der Waals surface area contributed by atoms with Crippen molar-refractivity contribution in [2.75, 3.05) is 6.61 Å². The highest BCUT2D eigenvalue weighted by atomic mass is 16.5. The van der Waals surface area contributed by atoms with Crippen LogP contribution in [0.25, 0.3) is 17.2 Å². The molecule has 1 aromatic heterocycles. The Bertz CT molecular complexity index is 1210. The zero-order chi connectivity index (χ0) is 21.6. The second kappa shape index (κ2) is 6.94. The normalized spacial score (nSPS) is 19.5. The molecule has 1 spiro atoms. The lowest BCUT2D eigenvalue weighted by atomic mass is 9.80. The van der Waals surface area contributed by atoms with Gasteiger partial charge in [-0.3, -0.25) is 0 Å². The first-order valence-corrected chi connectivity index (χ1v) is 10.2. The van der Waals surface area contributed by atoms with Gasteiger partial charge in [-0.25, -0.2) is 15.0 Å². The van der Waals surface area contributed by atoms with Crippen molar-refractivity contribution in [1.82, 2.24) is 9.97 Å². The van der Waals surface area contributed by atoms with Crippen molar-refractivity contribution in [2.45, 2.75) is 26.3 Å². The number of aromatic nitrogens is 2. The molecule has 2 aliphatic heterocycles. The molecule has 0 amide bonds. The third-order valence-corrected chi connectivity index (χ3v) is 5.49. The Hall–Kier alpha value is -3.67. The zero-order valence-corrected chi connectivity index (χ0v) is 17.8. The van der Waals surface area contributed by atoms with Gasteiger partial charge in [0.15, 0.2) is 5.54 Å². The molecule has 0 bridgehead atoms. The summed E-state index contributed by atoms with van der Waals surface area (Å²) in [6.45, 7) is 6.84. The Morgan fingerprint density at radius 3 is 2.35 bits per heavy atom. The summed E-state index contributed by atoms with van der Waals surface area (Å²) in [5.74, 6) is 1.51. The number of hydrogen-bond acceptors (Lipinski definition) is 6. The zero-order valence-electron chi connectivity index (χ0n) is 17.8. The van der Waals surface area contributed by atoms with Crippen LogP contribution in [0.1, 0.15) is 37.5 Å². The topological polar surface area (TPSA) is 82.6 Å². The van der Waals surface area contributed by atoms with Crippen LogP contribution in [0.4, 0.5) is 0 Å². The van der Waals surface area contributed by atoms with Crippen molar-refractivity contribution in [3.05, 3.63) is 77.9 Å². The molecule has 0 unspecified atom stereocenters. The van der Waals surface area contributed by atoms with Gasteiger partial charge in [-0.1, -0.05) is 45.1 Å². The molecule has 0 saturated carbocycles. The Labute approximate surface area is 181 Å². The van der Waals surface area contributed by atoms with E-state index in [1.165, 1.54) is 6.33 Å². The fourth-order valence-corrected chi connectivity index (χ4v) is 3.95. The Balaban J connectivity index is 1.67. The quantitative estimate of drug-likeness (QED) is 0.647. The molecule has 1 atom stereocenters. The fraction of sp³-hybridized carbons (Fsp3) is 0.240. The van der Waals surface area contributed by atoms with Crippen molar-refractivity contribution in [1.29, 1.82) is 0 Å². The first-order chi connectivity index (χ1) is 14.8. The second-order valence-corrected chi connectivity index (χ2v) is 8.99. The van der Waals surface area contributed by atoms with Crippen LogP contribution in [-0.2, 0) is 10.3 Å². The van der Waals surface area contributed by atoms with Crippen molar-refractivity contribution >= 4 is 12.1 Å². The standard InChI is InChI=1S/C25H24N4O2/c1-24(2,3)9-8-16-4-6-21-19(10-16)25(14-30-23(26)29-25)20-11-17(5-7-22(20)31-21)18-12-27-15-28-13-18/h4-13,15H,14H2,1-3H3,(H2,26,29)/t25-/m1/s1. The predicted molar refractivity (Wildman–Crippen MR) is 121 cm³/mol. The number of allylic oxidation sites excluding steroid dienone is 1. The molecule has 31 heavy (non-hydrogen) atoms. The van der Waals surface area contributed by atoms with Crippen LogP contribution >= 0.6 is 0 Å². The molecule has 2 aromatic carbocycles. The number of aliphatic imine (C=N–C) groups is 1. The molecule has 2 aliphatic rings. The van der Waals surface area contributed by atoms with Crippen molar-refractivity contribution in [3.63, 3.8) is 0 Å². The maximum Gasteiger partial charge on any atom is 0.283 e. The summed E-state index contributed by atoms with van der Waals surface area (Å²) in [7, 11) is 0. The Morgan fingerprint density at radius 2 is 1.68 bits per heavy atom. The molecule has 6 heteroatoms. The lowest BCUT2D eigenvalue weighted by molar-refractivity contribution is 0.264. The summed E-state index contributed by atoms with van der Waals surface area (Å²) in [5, 5.41) is 0. The van der Waals surface area contributed by atoms with E-state index >= 15 is 0 Å². The molecule has 0 radical (unpaired) electrons. The molecular formula is C25H24N4O2. The molecule has 2 N–H and O–H groups in total. The van der Waals surface area contributed by atoms with Crippen molar-refractivity contribution < 1.29 is 9.47 Å². The van der Waals surface area contributed by atoms with Crippen molar-refractivity contribution in [3.8, 4) is 22.6 Å². The lowest BCUT2D eigenvalue weighted by Crippen LogP contribution is -2.31. The Kier molecular flexibility index (Phi) is 4.32. The molecule has 0 saturated heterocycles. The number of fused-ring (bicyclic) bond motifs is 4. The number of amidine groups is 1. The van der Waals surface area contributed by atoms with Crippen LogP contribution < -0.4 is 10.5 Å². The van der Waals surface area contributed by atoms with E-state index in [9.17, 15) is 0 Å². The molecule has 0 aliphatic carbocycles. The van der Waals surface area contributed by atoms with Gasteiger partial charge in [-0.2, -0.15) is 0 Å². The minimum Gasteiger partial charge on any atom is -0.462 e. The first kappa shape index (κ1) is 19.3. The summed E-state index contributed by atoms with van der Waals surface area (Å²) in [5.41, 5.74) is 10.2.